The van der Waals surface area contributed by atoms with E-state index in [4.69, 9.17) is 23.2 Å². The van der Waals surface area contributed by atoms with Crippen LogP contribution in [0, 0.1) is 0 Å². The Hall–Kier alpha value is -0.680. The van der Waals surface area contributed by atoms with Crippen molar-refractivity contribution in [3.05, 3.63) is 44.3 Å². The van der Waals surface area contributed by atoms with Crippen molar-refractivity contribution in [2.45, 2.75) is 19.5 Å². The van der Waals surface area contributed by atoms with Crippen LogP contribution in [0.4, 0.5) is 0 Å². The lowest BCUT2D eigenvalue weighted by Crippen LogP contribution is -2.21. The summed E-state index contributed by atoms with van der Waals surface area (Å²) < 4.78 is 0.484. The van der Waals surface area contributed by atoms with Gasteiger partial charge in [-0.25, -0.2) is 0 Å². The van der Waals surface area contributed by atoms with Crippen LogP contribution >= 0.6 is 34.5 Å². The summed E-state index contributed by atoms with van der Waals surface area (Å²) >= 11 is 13.1. The molecule has 0 aliphatic carbocycles. The van der Waals surface area contributed by atoms with Crippen LogP contribution < -0.4 is 0 Å². The number of aromatic nitrogens is 2. The summed E-state index contributed by atoms with van der Waals surface area (Å²) in [5, 5.41) is 9.50. The molecular weight excluding hydrogens is 289 g/mol. The fourth-order valence-corrected chi connectivity index (χ4v) is 2.70. The summed E-state index contributed by atoms with van der Waals surface area (Å²) in [6, 6.07) is 8.17. The molecule has 0 radical (unpaired) electrons. The first-order valence-electron chi connectivity index (χ1n) is 5.50. The Labute approximate surface area is 120 Å². The van der Waals surface area contributed by atoms with Crippen LogP contribution in [0.2, 0.25) is 9.49 Å². The molecule has 0 N–H and O–H groups in total. The van der Waals surface area contributed by atoms with Gasteiger partial charge in [0.2, 0.25) is 4.47 Å². The molecule has 3 nitrogen and oxygen atoms in total. The molecule has 0 saturated carbocycles. The van der Waals surface area contributed by atoms with E-state index in [1.54, 1.807) is 0 Å². The molecule has 0 aliphatic heterocycles. The summed E-state index contributed by atoms with van der Waals surface area (Å²) in [4.78, 5) is 2.19. The lowest BCUT2D eigenvalue weighted by molar-refractivity contribution is 0.252. The molecule has 0 fully saturated rings. The third-order valence-electron chi connectivity index (χ3n) is 2.84. The van der Waals surface area contributed by atoms with Gasteiger partial charge in [-0.15, -0.1) is 10.2 Å². The van der Waals surface area contributed by atoms with Crippen LogP contribution in [-0.4, -0.2) is 22.1 Å². The Bertz CT molecular complexity index is 512. The zero-order chi connectivity index (χ0) is 13.1. The van der Waals surface area contributed by atoms with Gasteiger partial charge in [-0.2, -0.15) is 0 Å². The van der Waals surface area contributed by atoms with Gasteiger partial charge in [0.25, 0.3) is 0 Å². The minimum Gasteiger partial charge on any atom is -0.293 e. The van der Waals surface area contributed by atoms with Crippen molar-refractivity contribution in [2.24, 2.45) is 0 Å². The van der Waals surface area contributed by atoms with Crippen molar-refractivity contribution in [3.8, 4) is 0 Å². The molecule has 2 rings (SSSR count). The van der Waals surface area contributed by atoms with E-state index < -0.39 is 0 Å². The third kappa shape index (κ3) is 3.42. The predicted molar refractivity (Wildman–Crippen MR) is 76.3 cm³/mol. The standard InChI is InChI=1S/C12H13Cl2N3S/c1-8(9-3-5-10(13)6-4-9)17(2)7-11-15-16-12(14)18-11/h3-6,8H,7H2,1-2H3. The van der Waals surface area contributed by atoms with Crippen molar-refractivity contribution in [3.63, 3.8) is 0 Å². The fourth-order valence-electron chi connectivity index (χ4n) is 1.64. The SMILES string of the molecule is CC(c1ccc(Cl)cc1)N(C)Cc1nnc(Cl)s1. The molecule has 96 valence electrons. The van der Waals surface area contributed by atoms with E-state index in [1.165, 1.54) is 16.9 Å². The van der Waals surface area contributed by atoms with E-state index >= 15 is 0 Å². The van der Waals surface area contributed by atoms with Gasteiger partial charge in [0.1, 0.15) is 5.01 Å². The summed E-state index contributed by atoms with van der Waals surface area (Å²) in [6.45, 7) is 2.88. The van der Waals surface area contributed by atoms with Crippen molar-refractivity contribution in [2.75, 3.05) is 7.05 Å². The Morgan fingerprint density at radius 1 is 1.22 bits per heavy atom. The normalized spacial score (nSPS) is 12.9. The molecular formula is C12H13Cl2N3S. The smallest absolute Gasteiger partial charge is 0.207 e. The minimum absolute atomic E-state index is 0.282. The van der Waals surface area contributed by atoms with E-state index in [9.17, 15) is 0 Å². The van der Waals surface area contributed by atoms with Gasteiger partial charge in [0.15, 0.2) is 0 Å². The number of rotatable bonds is 4. The first-order valence-corrected chi connectivity index (χ1v) is 7.07. The molecule has 6 heteroatoms. The molecule has 1 unspecified atom stereocenters. The monoisotopic (exact) mass is 301 g/mol. The van der Waals surface area contributed by atoms with E-state index in [1.807, 2.05) is 24.3 Å². The summed E-state index contributed by atoms with van der Waals surface area (Å²) in [7, 11) is 2.05. The first-order chi connectivity index (χ1) is 8.56. The van der Waals surface area contributed by atoms with Crippen molar-refractivity contribution in [1.82, 2.24) is 15.1 Å². The molecule has 0 spiro atoms. The highest BCUT2D eigenvalue weighted by Crippen LogP contribution is 2.24. The molecule has 18 heavy (non-hydrogen) atoms. The van der Waals surface area contributed by atoms with Crippen LogP contribution in [0.25, 0.3) is 0 Å². The minimum atomic E-state index is 0.282. The molecule has 0 amide bonds. The Kier molecular flexibility index (Phi) is 4.56. The fraction of sp³-hybridized carbons (Fsp3) is 0.333. The van der Waals surface area contributed by atoms with Crippen molar-refractivity contribution >= 4 is 34.5 Å². The Morgan fingerprint density at radius 3 is 2.44 bits per heavy atom. The third-order valence-corrected chi connectivity index (χ3v) is 4.10. The average molecular weight is 302 g/mol. The number of benzene rings is 1. The predicted octanol–water partition coefficient (Wildman–Crippen LogP) is 4.04. The maximum absolute atomic E-state index is 5.88. The van der Waals surface area contributed by atoms with Crippen LogP contribution in [0.1, 0.15) is 23.5 Å². The van der Waals surface area contributed by atoms with Gasteiger partial charge in [0, 0.05) is 11.1 Å². The van der Waals surface area contributed by atoms with E-state index in [-0.39, 0.29) is 6.04 Å². The van der Waals surface area contributed by atoms with Crippen molar-refractivity contribution < 1.29 is 0 Å². The summed E-state index contributed by atoms with van der Waals surface area (Å²) in [6.07, 6.45) is 0. The molecule has 0 saturated heterocycles. The number of hydrogen-bond acceptors (Lipinski definition) is 4. The van der Waals surface area contributed by atoms with Crippen LogP contribution in [0.3, 0.4) is 0 Å². The van der Waals surface area contributed by atoms with Crippen LogP contribution in [0.15, 0.2) is 24.3 Å². The van der Waals surface area contributed by atoms with Gasteiger partial charge >= 0.3 is 0 Å². The molecule has 0 aliphatic rings. The summed E-state index contributed by atoms with van der Waals surface area (Å²) in [5.41, 5.74) is 1.22. The summed E-state index contributed by atoms with van der Waals surface area (Å²) in [5.74, 6) is 0. The van der Waals surface area contributed by atoms with Crippen LogP contribution in [-0.2, 0) is 6.54 Å². The second-order valence-corrected chi connectivity index (χ2v) is 6.17. The van der Waals surface area contributed by atoms with Gasteiger partial charge in [-0.1, -0.05) is 35.1 Å². The largest absolute Gasteiger partial charge is 0.293 e. The lowest BCUT2D eigenvalue weighted by atomic mass is 10.1. The Morgan fingerprint density at radius 2 is 1.89 bits per heavy atom. The second-order valence-electron chi connectivity index (χ2n) is 4.09. The molecule has 1 heterocycles. The highest BCUT2D eigenvalue weighted by Gasteiger charge is 2.14. The first kappa shape index (κ1) is 13.7. The average Bonchev–Trinajstić information content (AvgIpc) is 2.75. The van der Waals surface area contributed by atoms with Crippen LogP contribution in [0.5, 0.6) is 0 Å². The van der Waals surface area contributed by atoms with Gasteiger partial charge in [0.05, 0.1) is 6.54 Å². The molecule has 0 bridgehead atoms. The molecule has 1 aromatic heterocycles. The van der Waals surface area contributed by atoms with Crippen molar-refractivity contribution in [1.29, 1.82) is 0 Å². The highest BCUT2D eigenvalue weighted by atomic mass is 35.5. The zero-order valence-corrected chi connectivity index (χ0v) is 12.4. The number of nitrogens with zero attached hydrogens (tertiary/aromatic N) is 3. The van der Waals surface area contributed by atoms with E-state index in [2.05, 4.69) is 29.1 Å². The van der Waals surface area contributed by atoms with E-state index in [0.29, 0.717) is 4.47 Å². The molecule has 1 aromatic carbocycles. The lowest BCUT2D eigenvalue weighted by Gasteiger charge is -2.23. The number of halogens is 2. The topological polar surface area (TPSA) is 29.0 Å². The molecule has 1 atom stereocenters. The maximum atomic E-state index is 5.88. The van der Waals surface area contributed by atoms with Gasteiger partial charge < -0.3 is 0 Å². The highest BCUT2D eigenvalue weighted by molar-refractivity contribution is 7.15. The quantitative estimate of drug-likeness (QED) is 0.853. The van der Waals surface area contributed by atoms with Gasteiger partial charge in [-0.05, 0) is 43.3 Å². The second kappa shape index (κ2) is 5.97. The maximum Gasteiger partial charge on any atom is 0.207 e. The number of hydrogen-bond donors (Lipinski definition) is 0. The van der Waals surface area contributed by atoms with E-state index in [0.717, 1.165) is 16.6 Å². The molecule has 2 aromatic rings. The van der Waals surface area contributed by atoms with Gasteiger partial charge in [-0.3, -0.25) is 4.90 Å². The zero-order valence-electron chi connectivity index (χ0n) is 10.1. The Balaban J connectivity index is 2.04.